The molecule has 0 fully saturated rings. The number of aromatic nitrogens is 3. The Balaban J connectivity index is 1.31. The van der Waals surface area contributed by atoms with Gasteiger partial charge in [0.25, 0.3) is 0 Å². The van der Waals surface area contributed by atoms with Crippen LogP contribution in [-0.4, -0.2) is 15.0 Å². The minimum atomic E-state index is 0.604. The lowest BCUT2D eigenvalue weighted by Gasteiger charge is -2.11. The first-order valence-corrected chi connectivity index (χ1v) is 15.7. The first-order valence-electron chi connectivity index (χ1n) is 15.7. The molecule has 9 rings (SSSR count). The molecule has 0 N–H and O–H groups in total. The normalized spacial score (nSPS) is 11.4. The minimum absolute atomic E-state index is 0.604. The molecular weight excluding hydrogens is 574 g/mol. The van der Waals surface area contributed by atoms with Crippen LogP contribution in [0.4, 0.5) is 0 Å². The highest BCUT2D eigenvalue weighted by Gasteiger charge is 2.20. The predicted molar refractivity (Wildman–Crippen MR) is 192 cm³/mol. The van der Waals surface area contributed by atoms with Gasteiger partial charge in [-0.15, -0.1) is 0 Å². The summed E-state index contributed by atoms with van der Waals surface area (Å²) in [6.07, 6.45) is 0. The van der Waals surface area contributed by atoms with Crippen molar-refractivity contribution in [3.05, 3.63) is 164 Å². The van der Waals surface area contributed by atoms with E-state index in [9.17, 15) is 0 Å². The number of nitrogens with zero attached hydrogens (tertiary/aromatic N) is 3. The summed E-state index contributed by atoms with van der Waals surface area (Å²) in [5.74, 6) is 1.86. The standard InChI is InChI=1S/C43H27N3O/c1-4-14-28(15-5-1)31-20-12-21-32(26-31)36-27-37-39-35(24-13-25-38(39)47-40(37)34-23-11-10-22-33(34)36)43-45-41(29-16-6-2-7-17-29)44-42(46-43)30-18-8-3-9-19-30/h1-27H. The fraction of sp³-hybridized carbons (Fsp3) is 0. The maximum absolute atomic E-state index is 6.67. The Hall–Kier alpha value is -6.39. The van der Waals surface area contributed by atoms with Crippen LogP contribution in [-0.2, 0) is 0 Å². The van der Waals surface area contributed by atoms with Crippen LogP contribution in [0.15, 0.2) is 168 Å². The van der Waals surface area contributed by atoms with Gasteiger partial charge in [-0.2, -0.15) is 0 Å². The summed E-state index contributed by atoms with van der Waals surface area (Å²) in [6, 6.07) is 56.3. The van der Waals surface area contributed by atoms with E-state index in [-0.39, 0.29) is 0 Å². The van der Waals surface area contributed by atoms with Crippen molar-refractivity contribution in [3.63, 3.8) is 0 Å². The molecule has 0 unspecified atom stereocenters. The van der Waals surface area contributed by atoms with Crippen LogP contribution >= 0.6 is 0 Å². The molecule has 4 heteroatoms. The number of hydrogen-bond donors (Lipinski definition) is 0. The maximum Gasteiger partial charge on any atom is 0.164 e. The second kappa shape index (κ2) is 11.2. The Labute approximate surface area is 271 Å². The molecule has 0 atom stereocenters. The quantitative estimate of drug-likeness (QED) is 0.197. The Morgan fingerprint density at radius 2 is 0.872 bits per heavy atom. The summed E-state index contributed by atoms with van der Waals surface area (Å²) in [5, 5.41) is 4.22. The highest BCUT2D eigenvalue weighted by atomic mass is 16.3. The third kappa shape index (κ3) is 4.75. The van der Waals surface area contributed by atoms with E-state index in [0.717, 1.165) is 60.5 Å². The molecule has 0 aliphatic rings. The van der Waals surface area contributed by atoms with Crippen LogP contribution in [0, 0.1) is 0 Å². The number of furan rings is 1. The molecule has 0 bridgehead atoms. The zero-order valence-corrected chi connectivity index (χ0v) is 25.3. The lowest BCUT2D eigenvalue weighted by atomic mass is 9.92. The molecule has 0 radical (unpaired) electrons. The fourth-order valence-corrected chi connectivity index (χ4v) is 6.50. The van der Waals surface area contributed by atoms with Crippen molar-refractivity contribution in [2.24, 2.45) is 0 Å². The number of rotatable bonds is 5. The van der Waals surface area contributed by atoms with Crippen LogP contribution < -0.4 is 0 Å². The zero-order valence-electron chi connectivity index (χ0n) is 25.3. The third-order valence-corrected chi connectivity index (χ3v) is 8.72. The summed E-state index contributed by atoms with van der Waals surface area (Å²) in [4.78, 5) is 15.0. The lowest BCUT2D eigenvalue weighted by Crippen LogP contribution is -2.00. The first kappa shape index (κ1) is 27.0. The summed E-state index contributed by atoms with van der Waals surface area (Å²) in [5.41, 5.74) is 9.08. The van der Waals surface area contributed by atoms with E-state index in [0.29, 0.717) is 17.5 Å². The van der Waals surface area contributed by atoms with Crippen LogP contribution in [0.2, 0.25) is 0 Å². The van der Waals surface area contributed by atoms with Crippen LogP contribution in [0.5, 0.6) is 0 Å². The number of hydrogen-bond acceptors (Lipinski definition) is 4. The Kier molecular flexibility index (Phi) is 6.43. The predicted octanol–water partition coefficient (Wildman–Crippen LogP) is 11.3. The highest BCUT2D eigenvalue weighted by Crippen LogP contribution is 2.43. The van der Waals surface area contributed by atoms with E-state index in [2.05, 4.69) is 91.0 Å². The largest absolute Gasteiger partial charge is 0.455 e. The summed E-state index contributed by atoms with van der Waals surface area (Å²) in [7, 11) is 0. The molecule has 0 amide bonds. The first-order chi connectivity index (χ1) is 23.3. The fourth-order valence-electron chi connectivity index (χ4n) is 6.50. The number of benzene rings is 7. The van der Waals surface area contributed by atoms with Crippen molar-refractivity contribution in [3.8, 4) is 56.4 Å². The van der Waals surface area contributed by atoms with Gasteiger partial charge in [0, 0.05) is 32.8 Å². The van der Waals surface area contributed by atoms with E-state index in [1.807, 2.05) is 72.8 Å². The van der Waals surface area contributed by atoms with Crippen molar-refractivity contribution in [2.75, 3.05) is 0 Å². The van der Waals surface area contributed by atoms with Crippen LogP contribution in [0.3, 0.4) is 0 Å². The molecule has 0 saturated carbocycles. The smallest absolute Gasteiger partial charge is 0.164 e. The van der Waals surface area contributed by atoms with Crippen molar-refractivity contribution >= 4 is 32.7 Å². The molecule has 0 aliphatic heterocycles. The molecule has 4 nitrogen and oxygen atoms in total. The van der Waals surface area contributed by atoms with Gasteiger partial charge in [0.15, 0.2) is 17.5 Å². The van der Waals surface area contributed by atoms with E-state index >= 15 is 0 Å². The van der Waals surface area contributed by atoms with Gasteiger partial charge in [0.2, 0.25) is 0 Å². The molecule has 0 aliphatic carbocycles. The summed E-state index contributed by atoms with van der Waals surface area (Å²) < 4.78 is 6.67. The van der Waals surface area contributed by atoms with Gasteiger partial charge in [-0.1, -0.05) is 146 Å². The van der Waals surface area contributed by atoms with Crippen molar-refractivity contribution in [1.82, 2.24) is 15.0 Å². The maximum atomic E-state index is 6.67. The highest BCUT2D eigenvalue weighted by molar-refractivity contribution is 6.22. The molecule has 220 valence electrons. The molecule has 47 heavy (non-hydrogen) atoms. The van der Waals surface area contributed by atoms with Gasteiger partial charge in [-0.05, 0) is 45.8 Å². The van der Waals surface area contributed by atoms with Gasteiger partial charge in [0.1, 0.15) is 11.2 Å². The second-order valence-corrected chi connectivity index (χ2v) is 11.6. The Bertz CT molecular complexity index is 2500. The van der Waals surface area contributed by atoms with Crippen molar-refractivity contribution < 1.29 is 4.42 Å². The van der Waals surface area contributed by atoms with Crippen molar-refractivity contribution in [2.45, 2.75) is 0 Å². The minimum Gasteiger partial charge on any atom is -0.455 e. The van der Waals surface area contributed by atoms with Gasteiger partial charge >= 0.3 is 0 Å². The van der Waals surface area contributed by atoms with Gasteiger partial charge in [-0.3, -0.25) is 0 Å². The van der Waals surface area contributed by atoms with Gasteiger partial charge in [0.05, 0.1) is 0 Å². The van der Waals surface area contributed by atoms with Crippen LogP contribution in [0.25, 0.3) is 89.1 Å². The molecule has 0 saturated heterocycles. The Morgan fingerprint density at radius 3 is 1.55 bits per heavy atom. The third-order valence-electron chi connectivity index (χ3n) is 8.72. The second-order valence-electron chi connectivity index (χ2n) is 11.6. The SMILES string of the molecule is c1ccc(-c2cccc(-c3cc4c(oc5cccc(-c6nc(-c7ccccc7)nc(-c7ccccc7)n6)c54)c4ccccc34)c2)cc1. The topological polar surface area (TPSA) is 51.8 Å². The molecule has 0 spiro atoms. The average Bonchev–Trinajstić information content (AvgIpc) is 3.55. The molecule has 7 aromatic carbocycles. The average molecular weight is 602 g/mol. The monoisotopic (exact) mass is 601 g/mol. The number of fused-ring (bicyclic) bond motifs is 5. The van der Waals surface area contributed by atoms with E-state index < -0.39 is 0 Å². The summed E-state index contributed by atoms with van der Waals surface area (Å²) >= 11 is 0. The van der Waals surface area contributed by atoms with E-state index in [4.69, 9.17) is 19.4 Å². The summed E-state index contributed by atoms with van der Waals surface area (Å²) in [6.45, 7) is 0. The molecular formula is C43H27N3O. The molecule has 2 heterocycles. The molecule has 9 aromatic rings. The van der Waals surface area contributed by atoms with Crippen molar-refractivity contribution in [1.29, 1.82) is 0 Å². The zero-order chi connectivity index (χ0) is 31.2. The van der Waals surface area contributed by atoms with E-state index in [1.165, 1.54) is 11.1 Å². The lowest BCUT2D eigenvalue weighted by molar-refractivity contribution is 0.673. The van der Waals surface area contributed by atoms with E-state index in [1.54, 1.807) is 0 Å². The van der Waals surface area contributed by atoms with Crippen LogP contribution in [0.1, 0.15) is 0 Å². The van der Waals surface area contributed by atoms with Gasteiger partial charge in [-0.25, -0.2) is 15.0 Å². The van der Waals surface area contributed by atoms with Gasteiger partial charge < -0.3 is 4.42 Å². The Morgan fingerprint density at radius 1 is 0.340 bits per heavy atom. The molecule has 2 aromatic heterocycles.